The van der Waals surface area contributed by atoms with Gasteiger partial charge in [0.1, 0.15) is 17.0 Å². The molecule has 148 valence electrons. The molecule has 3 aromatic rings. The number of aromatic nitrogens is 1. The fourth-order valence-corrected chi connectivity index (χ4v) is 4.75. The number of methoxy groups -OCH3 is 2. The zero-order valence-electron chi connectivity index (χ0n) is 16.3. The van der Waals surface area contributed by atoms with Gasteiger partial charge < -0.3 is 20.1 Å². The number of fused-ring (bicyclic) bond motifs is 1. The summed E-state index contributed by atoms with van der Waals surface area (Å²) >= 11 is 1.70. The SMILES string of the molecule is COc1ccccc1N1CCN(C(N)Cc2nc3c(OC)cccc3s2)CC1. The van der Waals surface area contributed by atoms with Gasteiger partial charge in [-0.25, -0.2) is 4.98 Å². The Bertz CT molecular complexity index is 937. The van der Waals surface area contributed by atoms with E-state index in [0.29, 0.717) is 0 Å². The Morgan fingerprint density at radius 3 is 2.46 bits per heavy atom. The van der Waals surface area contributed by atoms with Gasteiger partial charge in [-0.15, -0.1) is 11.3 Å². The second-order valence-electron chi connectivity index (χ2n) is 6.88. The largest absolute Gasteiger partial charge is 0.495 e. The number of ether oxygens (including phenoxy) is 2. The van der Waals surface area contributed by atoms with E-state index in [2.05, 4.69) is 28.0 Å². The highest BCUT2D eigenvalue weighted by Crippen LogP contribution is 2.31. The fourth-order valence-electron chi connectivity index (χ4n) is 3.71. The number of rotatable bonds is 6. The first-order valence-corrected chi connectivity index (χ1v) is 10.3. The second-order valence-corrected chi connectivity index (χ2v) is 8.00. The van der Waals surface area contributed by atoms with Crippen molar-refractivity contribution in [2.75, 3.05) is 45.3 Å². The van der Waals surface area contributed by atoms with Gasteiger partial charge in [0.05, 0.1) is 35.8 Å². The minimum atomic E-state index is -0.0358. The smallest absolute Gasteiger partial charge is 0.145 e. The van der Waals surface area contributed by atoms with Crippen LogP contribution in [0.2, 0.25) is 0 Å². The highest BCUT2D eigenvalue weighted by Gasteiger charge is 2.24. The molecule has 0 spiro atoms. The number of hydrogen-bond donors (Lipinski definition) is 1. The van der Waals surface area contributed by atoms with Crippen LogP contribution in [-0.2, 0) is 6.42 Å². The minimum absolute atomic E-state index is 0.0358. The van der Waals surface area contributed by atoms with E-state index in [-0.39, 0.29) is 6.17 Å². The van der Waals surface area contributed by atoms with E-state index in [1.165, 1.54) is 0 Å². The Hall–Kier alpha value is -2.35. The third-order valence-electron chi connectivity index (χ3n) is 5.24. The monoisotopic (exact) mass is 398 g/mol. The summed E-state index contributed by atoms with van der Waals surface area (Å²) in [4.78, 5) is 9.47. The zero-order valence-corrected chi connectivity index (χ0v) is 17.1. The summed E-state index contributed by atoms with van der Waals surface area (Å²) < 4.78 is 12.1. The number of benzene rings is 2. The summed E-state index contributed by atoms with van der Waals surface area (Å²) in [5.74, 6) is 1.74. The molecule has 2 N–H and O–H groups in total. The third-order valence-corrected chi connectivity index (χ3v) is 6.28. The van der Waals surface area contributed by atoms with E-state index < -0.39 is 0 Å². The number of thiazole rings is 1. The Morgan fingerprint density at radius 2 is 1.71 bits per heavy atom. The molecule has 1 aliphatic rings. The standard InChI is InChI=1S/C21H26N4O2S/c1-26-16-7-4-3-6-15(16)24-10-12-25(13-11-24)19(22)14-20-23-21-17(27-2)8-5-9-18(21)28-20/h3-9,19H,10-14,22H2,1-2H3. The maximum absolute atomic E-state index is 6.53. The van der Waals surface area contributed by atoms with E-state index in [1.54, 1.807) is 25.6 Å². The second kappa shape index (κ2) is 8.34. The van der Waals surface area contributed by atoms with Crippen molar-refractivity contribution in [3.8, 4) is 11.5 Å². The number of anilines is 1. The molecule has 0 amide bonds. The summed E-state index contributed by atoms with van der Waals surface area (Å²) in [6.45, 7) is 3.71. The molecule has 28 heavy (non-hydrogen) atoms. The normalized spacial score (nSPS) is 16.3. The van der Waals surface area contributed by atoms with Crippen LogP contribution in [0.1, 0.15) is 5.01 Å². The van der Waals surface area contributed by atoms with Gasteiger partial charge in [-0.1, -0.05) is 18.2 Å². The molecule has 6 nitrogen and oxygen atoms in total. The first-order chi connectivity index (χ1) is 13.7. The van der Waals surface area contributed by atoms with Crippen molar-refractivity contribution in [1.29, 1.82) is 0 Å². The lowest BCUT2D eigenvalue weighted by Crippen LogP contribution is -2.54. The maximum atomic E-state index is 6.53. The van der Waals surface area contributed by atoms with E-state index in [0.717, 1.165) is 65.0 Å². The number of piperazine rings is 1. The van der Waals surface area contributed by atoms with Gasteiger partial charge in [0.15, 0.2) is 0 Å². The van der Waals surface area contributed by atoms with Crippen molar-refractivity contribution in [2.24, 2.45) is 5.73 Å². The average Bonchev–Trinajstić information content (AvgIpc) is 3.16. The molecule has 4 rings (SSSR count). The molecule has 1 aromatic heterocycles. The molecular weight excluding hydrogens is 372 g/mol. The van der Waals surface area contributed by atoms with Crippen LogP contribution in [0.3, 0.4) is 0 Å². The molecule has 1 unspecified atom stereocenters. The topological polar surface area (TPSA) is 63.9 Å². The van der Waals surface area contributed by atoms with Crippen LogP contribution in [0.4, 0.5) is 5.69 Å². The maximum Gasteiger partial charge on any atom is 0.145 e. The lowest BCUT2D eigenvalue weighted by atomic mass is 10.2. The van der Waals surface area contributed by atoms with Crippen LogP contribution < -0.4 is 20.1 Å². The Kier molecular flexibility index (Phi) is 5.66. The van der Waals surface area contributed by atoms with Gasteiger partial charge in [0.2, 0.25) is 0 Å². The summed E-state index contributed by atoms with van der Waals surface area (Å²) in [6, 6.07) is 14.2. The van der Waals surface area contributed by atoms with Gasteiger partial charge in [-0.3, -0.25) is 4.90 Å². The van der Waals surface area contributed by atoms with E-state index in [4.69, 9.17) is 20.2 Å². The highest BCUT2D eigenvalue weighted by molar-refractivity contribution is 7.18. The molecule has 1 atom stereocenters. The summed E-state index contributed by atoms with van der Waals surface area (Å²) in [7, 11) is 3.40. The Morgan fingerprint density at radius 1 is 1.00 bits per heavy atom. The van der Waals surface area contributed by atoms with Crippen molar-refractivity contribution in [1.82, 2.24) is 9.88 Å². The van der Waals surface area contributed by atoms with Crippen molar-refractivity contribution >= 4 is 27.2 Å². The number of para-hydroxylation sites is 3. The predicted octanol–water partition coefficient (Wildman–Crippen LogP) is 2.96. The molecule has 0 aliphatic carbocycles. The van der Waals surface area contributed by atoms with Crippen molar-refractivity contribution in [3.05, 3.63) is 47.5 Å². The number of hydrogen-bond acceptors (Lipinski definition) is 7. The molecule has 0 radical (unpaired) electrons. The summed E-state index contributed by atoms with van der Waals surface area (Å²) in [6.07, 6.45) is 0.711. The fraction of sp³-hybridized carbons (Fsp3) is 0.381. The van der Waals surface area contributed by atoms with Gasteiger partial charge in [-0.05, 0) is 24.3 Å². The third kappa shape index (κ3) is 3.78. The average molecular weight is 399 g/mol. The zero-order chi connectivity index (χ0) is 19.5. The van der Waals surface area contributed by atoms with Crippen molar-refractivity contribution in [3.63, 3.8) is 0 Å². The Balaban J connectivity index is 1.40. The molecular formula is C21H26N4O2S. The van der Waals surface area contributed by atoms with Crippen LogP contribution in [0, 0.1) is 0 Å². The molecule has 1 fully saturated rings. The lowest BCUT2D eigenvalue weighted by Gasteiger charge is -2.39. The summed E-state index contributed by atoms with van der Waals surface area (Å²) in [5.41, 5.74) is 8.61. The lowest BCUT2D eigenvalue weighted by molar-refractivity contribution is 0.187. The van der Waals surface area contributed by atoms with Crippen molar-refractivity contribution < 1.29 is 9.47 Å². The van der Waals surface area contributed by atoms with Gasteiger partial charge >= 0.3 is 0 Å². The molecule has 1 aliphatic heterocycles. The van der Waals surface area contributed by atoms with Gasteiger partial charge in [-0.2, -0.15) is 0 Å². The van der Waals surface area contributed by atoms with Gasteiger partial charge in [0, 0.05) is 32.6 Å². The first-order valence-electron chi connectivity index (χ1n) is 9.49. The first kappa shape index (κ1) is 19.0. The minimum Gasteiger partial charge on any atom is -0.495 e. The molecule has 0 bridgehead atoms. The quantitative estimate of drug-likeness (QED) is 0.689. The highest BCUT2D eigenvalue weighted by atomic mass is 32.1. The van der Waals surface area contributed by atoms with Crippen LogP contribution in [0.15, 0.2) is 42.5 Å². The molecule has 0 saturated carbocycles. The number of nitrogens with two attached hydrogens (primary N) is 1. The van der Waals surface area contributed by atoms with E-state index in [1.807, 2.05) is 24.3 Å². The van der Waals surface area contributed by atoms with Crippen molar-refractivity contribution in [2.45, 2.75) is 12.6 Å². The van der Waals surface area contributed by atoms with Gasteiger partial charge in [0.25, 0.3) is 0 Å². The van der Waals surface area contributed by atoms with Crippen LogP contribution in [0.5, 0.6) is 11.5 Å². The summed E-state index contributed by atoms with van der Waals surface area (Å²) in [5, 5.41) is 1.05. The predicted molar refractivity (Wildman–Crippen MR) is 115 cm³/mol. The van der Waals surface area contributed by atoms with Crippen LogP contribution in [0.25, 0.3) is 10.2 Å². The Labute approximate surface area is 169 Å². The molecule has 2 heterocycles. The van der Waals surface area contributed by atoms with E-state index >= 15 is 0 Å². The van der Waals surface area contributed by atoms with Crippen LogP contribution in [-0.4, -0.2) is 56.4 Å². The number of nitrogens with zero attached hydrogens (tertiary/aromatic N) is 3. The molecule has 2 aromatic carbocycles. The molecule has 7 heteroatoms. The molecule has 1 saturated heterocycles. The van der Waals surface area contributed by atoms with Crippen LogP contribution >= 0.6 is 11.3 Å². The van der Waals surface area contributed by atoms with E-state index in [9.17, 15) is 0 Å².